The van der Waals surface area contributed by atoms with Gasteiger partial charge in [-0.05, 0) is 44.8 Å². The molecular weight excluding hydrogens is 304 g/mol. The fourth-order valence-electron chi connectivity index (χ4n) is 3.35. The molecule has 24 heavy (non-hydrogen) atoms. The highest BCUT2D eigenvalue weighted by molar-refractivity contribution is 5.97. The molecule has 0 radical (unpaired) electrons. The van der Waals surface area contributed by atoms with Gasteiger partial charge in [-0.25, -0.2) is 0 Å². The molecule has 0 unspecified atom stereocenters. The zero-order chi connectivity index (χ0) is 17.8. The van der Waals surface area contributed by atoms with Crippen molar-refractivity contribution in [3.8, 4) is 0 Å². The molecule has 1 atom stereocenters. The molecule has 134 valence electrons. The molecule has 1 N–H and O–H groups in total. The van der Waals surface area contributed by atoms with Crippen LogP contribution in [0.5, 0.6) is 0 Å². The molecule has 1 saturated heterocycles. The van der Waals surface area contributed by atoms with Crippen LogP contribution in [0.25, 0.3) is 0 Å². The summed E-state index contributed by atoms with van der Waals surface area (Å²) in [7, 11) is 0. The Morgan fingerprint density at radius 1 is 1.29 bits per heavy atom. The fourth-order valence-corrected chi connectivity index (χ4v) is 3.35. The number of rotatable bonds is 6. The van der Waals surface area contributed by atoms with Gasteiger partial charge in [-0.15, -0.1) is 0 Å². The minimum absolute atomic E-state index is 0.0626. The van der Waals surface area contributed by atoms with Crippen LogP contribution in [-0.2, 0) is 14.3 Å². The second kappa shape index (κ2) is 7.77. The summed E-state index contributed by atoms with van der Waals surface area (Å²) >= 11 is 0. The predicted octanol–water partition coefficient (Wildman–Crippen LogP) is 3.71. The highest BCUT2D eigenvalue weighted by Crippen LogP contribution is 2.39. The molecule has 4 heteroatoms. The van der Waals surface area contributed by atoms with Gasteiger partial charge in [0.15, 0.2) is 11.6 Å². The SMILES string of the molecule is CC1=C(/C=C/C(C)=C\CCC2(C)OCCO2)[C@](C)(CO)CCC1=O. The molecule has 0 spiro atoms. The Labute approximate surface area is 145 Å². The van der Waals surface area contributed by atoms with Gasteiger partial charge in [0, 0.05) is 18.3 Å². The molecular formula is C20H30O4. The van der Waals surface area contributed by atoms with Crippen LogP contribution in [-0.4, -0.2) is 36.5 Å². The number of carbonyl (C=O) groups excluding carboxylic acids is 1. The average Bonchev–Trinajstić information content (AvgIpc) is 2.98. The zero-order valence-corrected chi connectivity index (χ0v) is 15.4. The maximum Gasteiger partial charge on any atom is 0.166 e. The molecule has 0 aromatic carbocycles. The van der Waals surface area contributed by atoms with E-state index < -0.39 is 5.79 Å². The van der Waals surface area contributed by atoms with E-state index in [1.165, 1.54) is 0 Å². The Bertz CT molecular complexity index is 564. The monoisotopic (exact) mass is 334 g/mol. The molecule has 1 aliphatic carbocycles. The minimum atomic E-state index is -0.454. The lowest BCUT2D eigenvalue weighted by Crippen LogP contribution is -2.30. The first-order valence-corrected chi connectivity index (χ1v) is 8.78. The van der Waals surface area contributed by atoms with Crippen LogP contribution in [0.3, 0.4) is 0 Å². The number of aliphatic hydroxyl groups excluding tert-OH is 1. The number of Topliss-reactive ketones (excluding diaryl/α,β-unsaturated/α-hetero) is 1. The molecule has 1 heterocycles. The van der Waals surface area contributed by atoms with Gasteiger partial charge < -0.3 is 14.6 Å². The van der Waals surface area contributed by atoms with Crippen LogP contribution in [0.15, 0.2) is 34.9 Å². The summed E-state index contributed by atoms with van der Waals surface area (Å²) in [5.74, 6) is -0.268. The van der Waals surface area contributed by atoms with Crippen molar-refractivity contribution in [2.45, 2.75) is 59.2 Å². The highest BCUT2D eigenvalue weighted by Gasteiger charge is 2.34. The van der Waals surface area contributed by atoms with Crippen LogP contribution in [0.2, 0.25) is 0 Å². The van der Waals surface area contributed by atoms with E-state index >= 15 is 0 Å². The molecule has 2 rings (SSSR count). The van der Waals surface area contributed by atoms with Crippen molar-refractivity contribution in [2.75, 3.05) is 19.8 Å². The van der Waals surface area contributed by atoms with Crippen molar-refractivity contribution in [3.63, 3.8) is 0 Å². The molecule has 1 fully saturated rings. The number of hydrogen-bond donors (Lipinski definition) is 1. The normalized spacial score (nSPS) is 28.2. The molecule has 2 aliphatic rings. The quantitative estimate of drug-likeness (QED) is 0.752. The van der Waals surface area contributed by atoms with Crippen LogP contribution >= 0.6 is 0 Å². The maximum absolute atomic E-state index is 12.0. The standard InChI is InChI=1S/C20H30O4/c1-15(6-5-10-20(4)23-12-13-24-20)7-8-17-16(2)18(22)9-11-19(17,3)14-21/h6-8,21H,5,9-14H2,1-4H3/b8-7+,15-6-/t19-/m0/s1. The number of aliphatic hydroxyl groups is 1. The molecule has 0 bridgehead atoms. The third kappa shape index (κ3) is 4.44. The van der Waals surface area contributed by atoms with E-state index in [9.17, 15) is 9.90 Å². The van der Waals surface area contributed by atoms with Gasteiger partial charge in [0.25, 0.3) is 0 Å². The number of hydrogen-bond acceptors (Lipinski definition) is 4. The van der Waals surface area contributed by atoms with Crippen LogP contribution in [0.1, 0.15) is 53.4 Å². The molecule has 4 nitrogen and oxygen atoms in total. The Morgan fingerprint density at radius 3 is 2.58 bits per heavy atom. The molecule has 0 aromatic rings. The lowest BCUT2D eigenvalue weighted by atomic mass is 9.71. The van der Waals surface area contributed by atoms with Gasteiger partial charge in [-0.1, -0.05) is 30.7 Å². The summed E-state index contributed by atoms with van der Waals surface area (Å²) in [5.41, 5.74) is 2.55. The summed E-state index contributed by atoms with van der Waals surface area (Å²) in [5, 5.41) is 9.76. The third-order valence-corrected chi connectivity index (χ3v) is 5.20. The van der Waals surface area contributed by atoms with E-state index in [1.54, 1.807) is 0 Å². The lowest BCUT2D eigenvalue weighted by Gasteiger charge is -2.34. The number of allylic oxidation sites excluding steroid dienone is 5. The number of carbonyl (C=O) groups is 1. The van der Waals surface area contributed by atoms with Gasteiger partial charge in [0.1, 0.15) is 0 Å². The zero-order valence-electron chi connectivity index (χ0n) is 15.4. The van der Waals surface area contributed by atoms with E-state index in [2.05, 4.69) is 6.08 Å². The van der Waals surface area contributed by atoms with Crippen molar-refractivity contribution >= 4 is 5.78 Å². The topological polar surface area (TPSA) is 55.8 Å². The largest absolute Gasteiger partial charge is 0.395 e. The van der Waals surface area contributed by atoms with Crippen molar-refractivity contribution in [1.82, 2.24) is 0 Å². The van der Waals surface area contributed by atoms with Crippen LogP contribution in [0.4, 0.5) is 0 Å². The van der Waals surface area contributed by atoms with Gasteiger partial charge >= 0.3 is 0 Å². The smallest absolute Gasteiger partial charge is 0.166 e. The average molecular weight is 334 g/mol. The van der Waals surface area contributed by atoms with Crippen molar-refractivity contribution in [2.24, 2.45) is 5.41 Å². The lowest BCUT2D eigenvalue weighted by molar-refractivity contribution is -0.145. The summed E-state index contributed by atoms with van der Waals surface area (Å²) in [6.07, 6.45) is 9.11. The molecule has 0 saturated carbocycles. The second-order valence-electron chi connectivity index (χ2n) is 7.33. The van der Waals surface area contributed by atoms with E-state index in [-0.39, 0.29) is 17.8 Å². The second-order valence-corrected chi connectivity index (χ2v) is 7.33. The van der Waals surface area contributed by atoms with Gasteiger partial charge in [-0.2, -0.15) is 0 Å². The first kappa shape index (κ1) is 19.1. The first-order valence-electron chi connectivity index (χ1n) is 8.78. The van der Waals surface area contributed by atoms with E-state index in [1.807, 2.05) is 39.8 Å². The number of ether oxygens (including phenoxy) is 2. The maximum atomic E-state index is 12.0. The highest BCUT2D eigenvalue weighted by atomic mass is 16.7. The predicted molar refractivity (Wildman–Crippen MR) is 94.6 cm³/mol. The van der Waals surface area contributed by atoms with Gasteiger partial charge in [-0.3, -0.25) is 4.79 Å². The summed E-state index contributed by atoms with van der Waals surface area (Å²) in [6, 6.07) is 0. The molecule has 1 aliphatic heterocycles. The van der Waals surface area contributed by atoms with Crippen molar-refractivity contribution in [3.05, 3.63) is 34.9 Å². The Morgan fingerprint density at radius 2 is 1.96 bits per heavy atom. The van der Waals surface area contributed by atoms with Crippen molar-refractivity contribution < 1.29 is 19.4 Å². The Hall–Kier alpha value is -1.23. The minimum Gasteiger partial charge on any atom is -0.395 e. The fraction of sp³-hybridized carbons (Fsp3) is 0.650. The summed E-state index contributed by atoms with van der Waals surface area (Å²) < 4.78 is 11.2. The van der Waals surface area contributed by atoms with Crippen molar-refractivity contribution in [1.29, 1.82) is 0 Å². The molecule has 0 aromatic heterocycles. The molecule has 0 amide bonds. The van der Waals surface area contributed by atoms with E-state index in [0.717, 1.165) is 29.6 Å². The number of ketones is 1. The van der Waals surface area contributed by atoms with E-state index in [4.69, 9.17) is 9.47 Å². The van der Waals surface area contributed by atoms with Crippen LogP contribution < -0.4 is 0 Å². The Kier molecular flexibility index (Phi) is 6.18. The van der Waals surface area contributed by atoms with Crippen LogP contribution in [0, 0.1) is 5.41 Å². The first-order chi connectivity index (χ1) is 11.3. The van der Waals surface area contributed by atoms with Gasteiger partial charge in [0.2, 0.25) is 0 Å². The third-order valence-electron chi connectivity index (χ3n) is 5.20. The van der Waals surface area contributed by atoms with Gasteiger partial charge in [0.05, 0.1) is 19.8 Å². The van der Waals surface area contributed by atoms with E-state index in [0.29, 0.717) is 26.1 Å². The Balaban J connectivity index is 2.03. The summed E-state index contributed by atoms with van der Waals surface area (Å²) in [6.45, 7) is 9.31. The summed E-state index contributed by atoms with van der Waals surface area (Å²) in [4.78, 5) is 12.0.